The van der Waals surface area contributed by atoms with E-state index in [1.165, 1.54) is 20.1 Å². The van der Waals surface area contributed by atoms with Gasteiger partial charge in [0.25, 0.3) is 0 Å². The molecule has 0 unspecified atom stereocenters. The Hall–Kier alpha value is -2.41. The van der Waals surface area contributed by atoms with Crippen molar-refractivity contribution in [2.45, 2.75) is 26.2 Å². The van der Waals surface area contributed by atoms with E-state index < -0.39 is 0 Å². The molecular formula is C21H23BrFNO4. The van der Waals surface area contributed by atoms with Crippen LogP contribution in [-0.4, -0.2) is 32.0 Å². The van der Waals surface area contributed by atoms with Gasteiger partial charge in [-0.3, -0.25) is 9.59 Å². The van der Waals surface area contributed by atoms with Crippen molar-refractivity contribution in [3.8, 4) is 11.5 Å². The largest absolute Gasteiger partial charge is 0.493 e. The van der Waals surface area contributed by atoms with Gasteiger partial charge in [-0.2, -0.15) is 0 Å². The molecule has 0 spiro atoms. The Morgan fingerprint density at radius 2 is 1.93 bits per heavy atom. The minimum absolute atomic E-state index is 0.0467. The zero-order valence-corrected chi connectivity index (χ0v) is 17.5. The molecule has 0 heterocycles. The number of ketones is 1. The van der Waals surface area contributed by atoms with Crippen LogP contribution in [0.2, 0.25) is 0 Å². The summed E-state index contributed by atoms with van der Waals surface area (Å²) in [5.74, 6) is 0.607. The topological polar surface area (TPSA) is 64.6 Å². The third-order valence-corrected chi connectivity index (χ3v) is 4.70. The first-order valence-corrected chi connectivity index (χ1v) is 9.72. The number of rotatable bonds is 10. The van der Waals surface area contributed by atoms with Crippen LogP contribution >= 0.6 is 15.9 Å². The van der Waals surface area contributed by atoms with E-state index in [0.717, 1.165) is 5.56 Å². The normalized spacial score (nSPS) is 10.4. The van der Waals surface area contributed by atoms with Gasteiger partial charge in [0.05, 0.1) is 18.2 Å². The first-order chi connectivity index (χ1) is 13.4. The Morgan fingerprint density at radius 1 is 1.14 bits per heavy atom. The molecule has 0 saturated carbocycles. The second-order valence-corrected chi connectivity index (χ2v) is 7.08. The summed E-state index contributed by atoms with van der Waals surface area (Å²) in [5, 5.41) is 2.84. The minimum atomic E-state index is -0.305. The molecule has 0 aromatic heterocycles. The summed E-state index contributed by atoms with van der Waals surface area (Å²) >= 11 is 3.15. The van der Waals surface area contributed by atoms with Crippen LogP contribution in [0.25, 0.3) is 0 Å². The number of methoxy groups -OCH3 is 1. The summed E-state index contributed by atoms with van der Waals surface area (Å²) in [7, 11) is 1.51. The Bertz CT molecular complexity index is 841. The Kier molecular flexibility index (Phi) is 8.44. The third kappa shape index (κ3) is 6.64. The quantitative estimate of drug-likeness (QED) is 0.431. The molecule has 5 nitrogen and oxygen atoms in total. The highest BCUT2D eigenvalue weighted by Gasteiger charge is 2.09. The van der Waals surface area contributed by atoms with E-state index in [0.29, 0.717) is 53.9 Å². The van der Waals surface area contributed by atoms with Gasteiger partial charge in [-0.1, -0.05) is 6.07 Å². The molecule has 0 aliphatic carbocycles. The van der Waals surface area contributed by atoms with Crippen LogP contribution in [0.4, 0.5) is 4.39 Å². The smallest absolute Gasteiger partial charge is 0.220 e. The first kappa shape index (κ1) is 21.9. The lowest BCUT2D eigenvalue weighted by atomic mass is 10.1. The molecule has 1 N–H and O–H groups in total. The Labute approximate surface area is 172 Å². The third-order valence-electron chi connectivity index (χ3n) is 4.10. The minimum Gasteiger partial charge on any atom is -0.493 e. The van der Waals surface area contributed by atoms with Gasteiger partial charge in [0, 0.05) is 18.5 Å². The van der Waals surface area contributed by atoms with E-state index in [9.17, 15) is 14.0 Å². The fourth-order valence-electron chi connectivity index (χ4n) is 2.55. The molecular weight excluding hydrogens is 429 g/mol. The van der Waals surface area contributed by atoms with E-state index in [2.05, 4.69) is 21.2 Å². The van der Waals surface area contributed by atoms with Gasteiger partial charge in [0.15, 0.2) is 17.3 Å². The van der Waals surface area contributed by atoms with Crippen molar-refractivity contribution in [3.63, 3.8) is 0 Å². The van der Waals surface area contributed by atoms with Gasteiger partial charge < -0.3 is 14.8 Å². The monoisotopic (exact) mass is 451 g/mol. The summed E-state index contributed by atoms with van der Waals surface area (Å²) in [4.78, 5) is 23.3. The summed E-state index contributed by atoms with van der Waals surface area (Å²) in [5.41, 5.74) is 1.50. The molecule has 150 valence electrons. The lowest BCUT2D eigenvalue weighted by Crippen LogP contribution is -2.25. The van der Waals surface area contributed by atoms with Crippen LogP contribution in [0, 0.1) is 5.82 Å². The molecule has 0 aliphatic rings. The highest BCUT2D eigenvalue weighted by Crippen LogP contribution is 2.28. The van der Waals surface area contributed by atoms with Crippen molar-refractivity contribution in [3.05, 3.63) is 57.8 Å². The number of ether oxygens (including phenoxy) is 2. The van der Waals surface area contributed by atoms with E-state index in [1.807, 2.05) is 0 Å². The Balaban J connectivity index is 1.69. The van der Waals surface area contributed by atoms with Gasteiger partial charge in [-0.15, -0.1) is 0 Å². The number of hydrogen-bond donors (Lipinski definition) is 1. The molecule has 0 bridgehead atoms. The van der Waals surface area contributed by atoms with Crippen molar-refractivity contribution in [1.82, 2.24) is 5.32 Å². The molecule has 2 aromatic rings. The van der Waals surface area contributed by atoms with Crippen LogP contribution in [0.15, 0.2) is 40.9 Å². The summed E-state index contributed by atoms with van der Waals surface area (Å²) in [6.07, 6.45) is 1.51. The zero-order valence-electron chi connectivity index (χ0n) is 15.9. The number of hydrogen-bond acceptors (Lipinski definition) is 4. The standard InChI is InChI=1S/C21H23BrFNO4/c1-14(25)16-6-8-19(20(13-16)27-2)28-11-3-4-21(26)24-10-9-15-5-7-18(23)17(22)12-15/h5-8,12-13H,3-4,9-11H2,1-2H3,(H,24,26). The van der Waals surface area contributed by atoms with Crippen molar-refractivity contribution in [2.24, 2.45) is 0 Å². The lowest BCUT2D eigenvalue weighted by Gasteiger charge is -2.11. The van der Waals surface area contributed by atoms with Gasteiger partial charge in [0.2, 0.25) is 5.91 Å². The molecule has 0 atom stereocenters. The highest BCUT2D eigenvalue weighted by atomic mass is 79.9. The lowest BCUT2D eigenvalue weighted by molar-refractivity contribution is -0.121. The van der Waals surface area contributed by atoms with Crippen molar-refractivity contribution < 1.29 is 23.5 Å². The van der Waals surface area contributed by atoms with E-state index in [1.54, 1.807) is 30.3 Å². The average Bonchev–Trinajstić information content (AvgIpc) is 2.68. The average molecular weight is 452 g/mol. The number of Topliss-reactive ketones (excluding diaryl/α,β-unsaturated/α-hetero) is 1. The fraction of sp³-hybridized carbons (Fsp3) is 0.333. The maximum atomic E-state index is 13.2. The predicted molar refractivity (Wildman–Crippen MR) is 109 cm³/mol. The van der Waals surface area contributed by atoms with Crippen LogP contribution in [0.3, 0.4) is 0 Å². The summed E-state index contributed by atoms with van der Waals surface area (Å²) in [6, 6.07) is 9.82. The maximum Gasteiger partial charge on any atom is 0.220 e. The van der Waals surface area contributed by atoms with Crippen molar-refractivity contribution >= 4 is 27.6 Å². The van der Waals surface area contributed by atoms with Crippen LogP contribution in [0.5, 0.6) is 11.5 Å². The number of amides is 1. The molecule has 2 rings (SSSR count). The summed E-state index contributed by atoms with van der Waals surface area (Å²) < 4.78 is 24.5. The van der Waals surface area contributed by atoms with Crippen molar-refractivity contribution in [2.75, 3.05) is 20.3 Å². The van der Waals surface area contributed by atoms with Crippen LogP contribution in [-0.2, 0) is 11.2 Å². The van der Waals surface area contributed by atoms with Crippen LogP contribution in [0.1, 0.15) is 35.7 Å². The van der Waals surface area contributed by atoms with E-state index in [4.69, 9.17) is 9.47 Å². The SMILES string of the molecule is COc1cc(C(C)=O)ccc1OCCCC(=O)NCCc1ccc(F)c(Br)c1. The number of carbonyl (C=O) groups excluding carboxylic acids is 2. The molecule has 7 heteroatoms. The molecule has 0 saturated heterocycles. The number of halogens is 2. The zero-order chi connectivity index (χ0) is 20.5. The van der Waals surface area contributed by atoms with E-state index >= 15 is 0 Å². The number of carbonyl (C=O) groups is 2. The molecule has 0 aliphatic heterocycles. The highest BCUT2D eigenvalue weighted by molar-refractivity contribution is 9.10. The molecule has 2 aromatic carbocycles. The molecule has 0 radical (unpaired) electrons. The maximum absolute atomic E-state index is 13.2. The Morgan fingerprint density at radius 3 is 2.61 bits per heavy atom. The second-order valence-electron chi connectivity index (χ2n) is 6.22. The van der Waals surface area contributed by atoms with Crippen LogP contribution < -0.4 is 14.8 Å². The molecule has 0 fully saturated rings. The summed E-state index contributed by atoms with van der Waals surface area (Å²) in [6.45, 7) is 2.33. The van der Waals surface area contributed by atoms with Gasteiger partial charge in [-0.05, 0) is 71.6 Å². The van der Waals surface area contributed by atoms with E-state index in [-0.39, 0.29) is 17.5 Å². The number of benzene rings is 2. The predicted octanol–water partition coefficient (Wildman–Crippen LogP) is 4.32. The first-order valence-electron chi connectivity index (χ1n) is 8.93. The fourth-order valence-corrected chi connectivity index (χ4v) is 2.98. The van der Waals surface area contributed by atoms with Crippen molar-refractivity contribution in [1.29, 1.82) is 0 Å². The van der Waals surface area contributed by atoms with Gasteiger partial charge in [0.1, 0.15) is 5.82 Å². The van der Waals surface area contributed by atoms with Gasteiger partial charge >= 0.3 is 0 Å². The molecule has 1 amide bonds. The second kappa shape index (κ2) is 10.8. The molecule has 28 heavy (non-hydrogen) atoms. The van der Waals surface area contributed by atoms with Gasteiger partial charge in [-0.25, -0.2) is 4.39 Å². The number of nitrogens with one attached hydrogen (secondary N) is 1.